The number of nitrogens with zero attached hydrogens (tertiary/aromatic N) is 7. The number of rotatable bonds is 35. The van der Waals surface area contributed by atoms with Crippen LogP contribution in [0.1, 0.15) is 160 Å². The average Bonchev–Trinajstić information content (AvgIpc) is 1.08. The highest BCUT2D eigenvalue weighted by atomic mass is 32.1. The van der Waals surface area contributed by atoms with E-state index < -0.39 is 84.8 Å². The first-order chi connectivity index (χ1) is 55.5. The van der Waals surface area contributed by atoms with E-state index in [1.807, 2.05) is 72.8 Å². The molecule has 14 rings (SSSR count). The number of hydrogen-bond donors (Lipinski definition) is 10. The molecule has 0 spiro atoms. The second kappa shape index (κ2) is 35.5. The van der Waals surface area contributed by atoms with E-state index in [9.17, 15) is 68.7 Å². The third-order valence-corrected chi connectivity index (χ3v) is 24.4. The number of aliphatic hydroxyl groups is 4. The van der Waals surface area contributed by atoms with E-state index in [-0.39, 0.29) is 122 Å². The summed E-state index contributed by atoms with van der Waals surface area (Å²) < 4.78 is 27.7. The number of urea groups is 1. The number of amides is 8. The summed E-state index contributed by atoms with van der Waals surface area (Å²) in [7, 11) is 0. The van der Waals surface area contributed by atoms with E-state index in [4.69, 9.17) is 34.8 Å². The first-order valence-corrected chi connectivity index (χ1v) is 40.5. The molecule has 2 unspecified atom stereocenters. The molecule has 616 valence electrons. The number of imide groups is 1. The Kier molecular flexibility index (Phi) is 25.5. The number of carboxylic acid groups (broad SMARTS) is 1. The van der Waals surface area contributed by atoms with E-state index >= 15 is 0 Å². The van der Waals surface area contributed by atoms with Gasteiger partial charge >= 0.3 is 18.1 Å². The van der Waals surface area contributed by atoms with E-state index in [1.54, 1.807) is 66.9 Å². The fraction of sp³-hybridized carbons (Fsp3) is 0.482. The van der Waals surface area contributed by atoms with Crippen LogP contribution in [-0.4, -0.2) is 190 Å². The van der Waals surface area contributed by atoms with Crippen molar-refractivity contribution < 1.29 is 87.6 Å². The molecule has 116 heavy (non-hydrogen) atoms. The Bertz CT molecular complexity index is 4790. The number of aromatic carboxylic acids is 1. The van der Waals surface area contributed by atoms with Gasteiger partial charge in [0.1, 0.15) is 54.4 Å². The van der Waals surface area contributed by atoms with E-state index in [0.717, 1.165) is 64.0 Å². The Labute approximate surface area is 675 Å². The van der Waals surface area contributed by atoms with Gasteiger partial charge in [-0.25, -0.2) is 24.4 Å². The number of ketones is 1. The van der Waals surface area contributed by atoms with Crippen LogP contribution in [0.3, 0.4) is 0 Å². The number of unbranched alkanes of at least 4 members (excludes halogenated alkanes) is 2. The van der Waals surface area contributed by atoms with E-state index in [1.165, 1.54) is 28.4 Å². The van der Waals surface area contributed by atoms with Crippen LogP contribution in [0.15, 0.2) is 121 Å². The number of carbonyl (C=O) groups excluding carboxylic acids is 8. The number of thiazole rings is 1. The van der Waals surface area contributed by atoms with Gasteiger partial charge in [0.25, 0.3) is 17.7 Å². The first kappa shape index (κ1) is 83.4. The van der Waals surface area contributed by atoms with Gasteiger partial charge in [-0.3, -0.25) is 43.7 Å². The number of carbonyl (C=O) groups is 9. The monoisotopic (exact) mass is 1610 g/mol. The number of para-hydroxylation sites is 1. The number of hydrogen-bond acceptors (Lipinski definition) is 22. The van der Waals surface area contributed by atoms with Crippen LogP contribution in [0.4, 0.5) is 26.2 Å². The summed E-state index contributed by atoms with van der Waals surface area (Å²) in [5.74, 6) is -3.76. The number of fused-ring (bicyclic) bond motifs is 2. The third-order valence-electron chi connectivity index (χ3n) is 23.4. The molecule has 8 amide bonds. The zero-order valence-corrected chi connectivity index (χ0v) is 66.6. The van der Waals surface area contributed by atoms with Crippen molar-refractivity contribution in [3.63, 3.8) is 0 Å². The fourth-order valence-electron chi connectivity index (χ4n) is 18.8. The molecule has 30 nitrogen and oxygen atoms in total. The predicted molar refractivity (Wildman–Crippen MR) is 428 cm³/mol. The molecule has 5 fully saturated rings. The van der Waals surface area contributed by atoms with Crippen LogP contribution in [0.5, 0.6) is 5.75 Å². The number of anilines is 3. The maximum Gasteiger partial charge on any atom is 0.410 e. The Morgan fingerprint density at radius 2 is 1.52 bits per heavy atom. The Balaban J connectivity index is 0.665. The Morgan fingerprint density at radius 1 is 0.784 bits per heavy atom. The van der Waals surface area contributed by atoms with Gasteiger partial charge in [0.2, 0.25) is 18.1 Å². The van der Waals surface area contributed by atoms with Gasteiger partial charge in [0.05, 0.1) is 35.2 Å². The Morgan fingerprint density at radius 3 is 2.22 bits per heavy atom. The minimum absolute atomic E-state index is 0.0427. The Hall–Kier alpha value is -10.5. The van der Waals surface area contributed by atoms with Crippen molar-refractivity contribution in [3.8, 4) is 16.9 Å². The summed E-state index contributed by atoms with van der Waals surface area (Å²) in [6.45, 7) is 11.5. The number of ether oxygens (including phenoxy) is 4. The molecule has 3 aliphatic heterocycles. The summed E-state index contributed by atoms with van der Waals surface area (Å²) in [4.78, 5) is 133. The second-order valence-corrected chi connectivity index (χ2v) is 34.2. The van der Waals surface area contributed by atoms with E-state index in [0.29, 0.717) is 96.2 Å². The number of aromatic nitrogens is 4. The summed E-state index contributed by atoms with van der Waals surface area (Å²) in [5, 5.41) is 68.9. The molecule has 4 aliphatic carbocycles. The normalized spacial score (nSPS) is 23.8. The van der Waals surface area contributed by atoms with Crippen molar-refractivity contribution in [3.05, 3.63) is 161 Å². The van der Waals surface area contributed by atoms with Crippen LogP contribution < -0.4 is 36.6 Å². The average molecular weight is 1610 g/mol. The highest BCUT2D eigenvalue weighted by Gasteiger charge is 2.66. The van der Waals surface area contributed by atoms with Gasteiger partial charge in [-0.05, 0) is 177 Å². The molecule has 31 heteroatoms. The maximum absolute atomic E-state index is 14.6. The first-order valence-electron chi connectivity index (χ1n) is 39.7. The van der Waals surface area contributed by atoms with Crippen LogP contribution >= 0.6 is 11.3 Å². The van der Waals surface area contributed by atoms with E-state index in [2.05, 4.69) is 40.1 Å². The molecule has 9 atom stereocenters. The molecule has 11 N–H and O–H groups in total. The lowest BCUT2D eigenvalue weighted by molar-refractivity contribution is -0.277. The fourth-order valence-corrected chi connectivity index (χ4v) is 19.7. The molecule has 4 saturated carbocycles. The topological polar surface area (TPSA) is 419 Å². The van der Waals surface area contributed by atoms with Gasteiger partial charge in [-0.1, -0.05) is 94.0 Å². The van der Waals surface area contributed by atoms with Gasteiger partial charge in [0.15, 0.2) is 10.8 Å². The highest BCUT2D eigenvalue weighted by Crippen LogP contribution is 2.72. The number of pyridine rings is 1. The third kappa shape index (κ3) is 19.4. The quantitative estimate of drug-likeness (QED) is 0.0131. The van der Waals surface area contributed by atoms with Gasteiger partial charge in [-0.2, -0.15) is 5.10 Å². The van der Waals surface area contributed by atoms with Crippen LogP contribution in [0.25, 0.3) is 21.3 Å². The highest BCUT2D eigenvalue weighted by molar-refractivity contribution is 7.22. The van der Waals surface area contributed by atoms with Crippen LogP contribution in [0, 0.1) is 35.0 Å². The molecule has 4 aromatic carbocycles. The van der Waals surface area contributed by atoms with Crippen molar-refractivity contribution in [1.82, 2.24) is 40.2 Å². The number of primary amides is 1. The molecule has 7 aromatic rings. The van der Waals surface area contributed by atoms with Gasteiger partial charge in [0, 0.05) is 105 Å². The molecular formula is C85H102N12O18S. The molecule has 4 bridgehead atoms. The number of nitrogens with two attached hydrogens (primary N) is 1. The standard InChI is InChI=1S/C85H102N12O18S/c1-50(2)60(37-56(99)14-7-6-10-33-96-68(100)29-30-69(96)101)75(106)90-64(17-12-32-87-79(86)110)76(107)89-55-23-19-53(20-24-55)42-112-81(111)95(39-52-21-25-57(26-22-52)114-78-73(104)72(103)71(102)65(41-98)115-78)35-36-113-85-46-82(4)43-83(5,47-85)45-84(44-82,48-85)49-97-51(3)61(38-88-97)58-27-28-67(92-70(58)77(108)109)94-34-31-54-13-11-15-59(62(54)40-94)74(105)93-80-91-63-16-8-9-18-66(63)116-80/h8-9,11,13,15-16,18-30,38,50,60,64-65,71-73,78,98,102-104H,6-7,10,12,14,17,31-37,39-49H2,1-5H3,(H,89,107)(H,90,106)(H,108,109)(H3,86,87,110)(H,91,93,105)/t60-,64-,65+,71+,72-,73+,78+,82?,83?,84?,85?/m0/s1. The molecule has 1 saturated heterocycles. The van der Waals surface area contributed by atoms with Crippen LogP contribution in [-0.2, 0) is 70.8 Å². The van der Waals surface area contributed by atoms with Crippen molar-refractivity contribution >= 4 is 91.6 Å². The number of Topliss-reactive ketones (excluding diaryl/α,β-unsaturated/α-hetero) is 1. The largest absolute Gasteiger partial charge is 0.476 e. The smallest absolute Gasteiger partial charge is 0.410 e. The number of nitrogens with one attached hydrogen (secondary N) is 4. The molecular weight excluding hydrogens is 1510 g/mol. The minimum Gasteiger partial charge on any atom is -0.476 e. The summed E-state index contributed by atoms with van der Waals surface area (Å²) in [5.41, 5.74) is 10.7. The number of benzene rings is 4. The number of aliphatic hydroxyl groups excluding tert-OH is 4. The zero-order valence-electron chi connectivity index (χ0n) is 65.8. The minimum atomic E-state index is -1.66. The molecule has 3 aromatic heterocycles. The van der Waals surface area contributed by atoms with Crippen molar-refractivity contribution in [2.75, 3.05) is 54.9 Å². The predicted octanol–water partition coefficient (Wildman–Crippen LogP) is 9.12. The molecule has 7 aliphatic rings. The van der Waals surface area contributed by atoms with Crippen molar-refractivity contribution in [2.24, 2.45) is 33.8 Å². The maximum atomic E-state index is 14.6. The lowest BCUT2D eigenvalue weighted by atomic mass is 9.39. The summed E-state index contributed by atoms with van der Waals surface area (Å²) in [6, 6.07) is 28.4. The summed E-state index contributed by atoms with van der Waals surface area (Å²) in [6.07, 6.45) is 3.84. The van der Waals surface area contributed by atoms with Crippen LogP contribution in [0.2, 0.25) is 0 Å². The van der Waals surface area contributed by atoms with Crippen molar-refractivity contribution in [1.29, 1.82) is 0 Å². The number of carboxylic acids is 1. The second-order valence-electron chi connectivity index (χ2n) is 33.1. The summed E-state index contributed by atoms with van der Waals surface area (Å²) >= 11 is 1.40. The SMILES string of the molecule is Cc1c(-c2ccc(N3CCc4cccc(C(=O)Nc5nc6ccccc6s5)c4C3)nc2C(=O)O)cnn1CC12CC3(C)CC(C)(C1)CC(OCCN(Cc1ccc(O[C@@H]4O[C@H](CO)[C@@H](O)[C@H](O)[C@H]4O)cc1)C(=O)OCc1ccc(NC(=O)[C@H](CCCNC(N)=O)NC(=O)[C@@H](CC(=O)CCCCCN4C(=O)C=CC4=O)C(C)C)cc1)(C3)C2. The molecule has 0 radical (unpaired) electrons. The van der Waals surface area contributed by atoms with Gasteiger partial charge < -0.3 is 76.0 Å². The molecule has 6 heterocycles. The zero-order chi connectivity index (χ0) is 82.4. The van der Waals surface area contributed by atoms with Gasteiger partial charge in [-0.15, -0.1) is 0 Å². The van der Waals surface area contributed by atoms with Crippen molar-refractivity contribution in [2.45, 2.75) is 193 Å². The lowest BCUT2D eigenvalue weighted by Crippen LogP contribution is -2.64. The lowest BCUT2D eigenvalue weighted by Gasteiger charge is -2.69.